The second kappa shape index (κ2) is 8.76. The normalized spacial score (nSPS) is 16.7. The van der Waals surface area contributed by atoms with Crippen LogP contribution >= 0.6 is 0 Å². The van der Waals surface area contributed by atoms with Gasteiger partial charge in [-0.2, -0.15) is 13.2 Å². The SMILES string of the molecule is C#C[C@@H](Nc1ncnc2c1cc(C1(C)CCOCC1)c(=O)n2C)c1cccc(C(F)(F)F)c1C. The Morgan fingerprint density at radius 1 is 1.26 bits per heavy atom. The molecule has 1 fully saturated rings. The number of terminal acetylenes is 1. The number of pyridine rings is 1. The molecule has 0 radical (unpaired) electrons. The Hall–Kier alpha value is -3.38. The zero-order valence-corrected chi connectivity index (χ0v) is 19.2. The molecule has 1 aliphatic rings. The summed E-state index contributed by atoms with van der Waals surface area (Å²) in [6.45, 7) is 4.55. The van der Waals surface area contributed by atoms with Crippen LogP contribution in [-0.2, 0) is 23.4 Å². The fourth-order valence-corrected chi connectivity index (χ4v) is 4.53. The molecule has 6 nitrogen and oxygen atoms in total. The zero-order chi connectivity index (χ0) is 24.7. The van der Waals surface area contributed by atoms with Gasteiger partial charge in [0.15, 0.2) is 0 Å². The van der Waals surface area contributed by atoms with Crippen molar-refractivity contribution in [3.63, 3.8) is 0 Å². The van der Waals surface area contributed by atoms with E-state index in [1.807, 2.05) is 6.92 Å². The van der Waals surface area contributed by atoms with Gasteiger partial charge in [-0.25, -0.2) is 9.97 Å². The van der Waals surface area contributed by atoms with Crippen LogP contribution in [0.2, 0.25) is 0 Å². The third kappa shape index (κ3) is 4.14. The van der Waals surface area contributed by atoms with Gasteiger partial charge in [-0.15, -0.1) is 6.42 Å². The Bertz CT molecular complexity index is 1330. The van der Waals surface area contributed by atoms with E-state index in [0.717, 1.165) is 6.07 Å². The molecule has 3 aromatic rings. The first-order valence-electron chi connectivity index (χ1n) is 10.9. The van der Waals surface area contributed by atoms with Crippen LogP contribution in [0.3, 0.4) is 0 Å². The van der Waals surface area contributed by atoms with E-state index < -0.39 is 17.8 Å². The van der Waals surface area contributed by atoms with Gasteiger partial charge in [0.1, 0.15) is 23.8 Å². The number of hydrogen-bond donors (Lipinski definition) is 1. The Kier molecular flexibility index (Phi) is 6.13. The smallest absolute Gasteiger partial charge is 0.381 e. The maximum absolute atomic E-state index is 13.4. The van der Waals surface area contributed by atoms with Gasteiger partial charge in [0, 0.05) is 31.2 Å². The highest BCUT2D eigenvalue weighted by atomic mass is 19.4. The summed E-state index contributed by atoms with van der Waals surface area (Å²) in [5.74, 6) is 2.88. The fourth-order valence-electron chi connectivity index (χ4n) is 4.53. The summed E-state index contributed by atoms with van der Waals surface area (Å²) >= 11 is 0. The molecule has 3 heterocycles. The number of fused-ring (bicyclic) bond motifs is 1. The van der Waals surface area contributed by atoms with Crippen molar-refractivity contribution in [3.8, 4) is 12.3 Å². The number of rotatable bonds is 4. The molecule has 0 spiro atoms. The zero-order valence-electron chi connectivity index (χ0n) is 19.2. The average molecular weight is 470 g/mol. The molecule has 1 atom stereocenters. The first-order valence-corrected chi connectivity index (χ1v) is 10.9. The maximum Gasteiger partial charge on any atom is 0.416 e. The van der Waals surface area contributed by atoms with Crippen LogP contribution < -0.4 is 10.9 Å². The molecule has 0 bridgehead atoms. The lowest BCUT2D eigenvalue weighted by atomic mass is 9.76. The van der Waals surface area contributed by atoms with Gasteiger partial charge in [-0.05, 0) is 43.0 Å². The molecule has 9 heteroatoms. The molecule has 178 valence electrons. The molecule has 1 saturated heterocycles. The number of nitrogens with zero attached hydrogens (tertiary/aromatic N) is 3. The lowest BCUT2D eigenvalue weighted by Crippen LogP contribution is -2.38. The van der Waals surface area contributed by atoms with Crippen molar-refractivity contribution in [1.29, 1.82) is 0 Å². The van der Waals surface area contributed by atoms with Crippen LogP contribution in [0.4, 0.5) is 19.0 Å². The van der Waals surface area contributed by atoms with Gasteiger partial charge in [-0.1, -0.05) is 25.0 Å². The highest BCUT2D eigenvalue weighted by Gasteiger charge is 2.35. The second-order valence-electron chi connectivity index (χ2n) is 8.82. The molecule has 0 aliphatic carbocycles. The summed E-state index contributed by atoms with van der Waals surface area (Å²) in [5.41, 5.74) is 0.129. The Balaban J connectivity index is 1.83. The molecule has 0 unspecified atom stereocenters. The lowest BCUT2D eigenvalue weighted by molar-refractivity contribution is -0.138. The highest BCUT2D eigenvalue weighted by Crippen LogP contribution is 2.37. The van der Waals surface area contributed by atoms with Crippen molar-refractivity contribution in [1.82, 2.24) is 14.5 Å². The van der Waals surface area contributed by atoms with Gasteiger partial charge in [0.25, 0.3) is 5.56 Å². The average Bonchev–Trinajstić information content (AvgIpc) is 2.80. The number of aromatic nitrogens is 3. The molecule has 1 aliphatic heterocycles. The molecular formula is C25H25F3N4O2. The van der Waals surface area contributed by atoms with E-state index in [2.05, 4.69) is 21.2 Å². The van der Waals surface area contributed by atoms with E-state index in [0.29, 0.717) is 54.0 Å². The largest absolute Gasteiger partial charge is 0.416 e. The van der Waals surface area contributed by atoms with Gasteiger partial charge in [0.2, 0.25) is 0 Å². The van der Waals surface area contributed by atoms with E-state index in [9.17, 15) is 18.0 Å². The second-order valence-corrected chi connectivity index (χ2v) is 8.82. The molecule has 1 N–H and O–H groups in total. The van der Waals surface area contributed by atoms with Crippen molar-refractivity contribution in [2.75, 3.05) is 18.5 Å². The van der Waals surface area contributed by atoms with Gasteiger partial charge in [0.05, 0.1) is 10.9 Å². The van der Waals surface area contributed by atoms with E-state index in [1.165, 1.54) is 23.9 Å². The minimum Gasteiger partial charge on any atom is -0.381 e. The van der Waals surface area contributed by atoms with Crippen molar-refractivity contribution in [3.05, 3.63) is 63.2 Å². The third-order valence-electron chi connectivity index (χ3n) is 6.69. The van der Waals surface area contributed by atoms with Crippen molar-refractivity contribution >= 4 is 16.9 Å². The van der Waals surface area contributed by atoms with E-state index >= 15 is 0 Å². The number of ether oxygens (including phenoxy) is 1. The Morgan fingerprint density at radius 2 is 1.97 bits per heavy atom. The number of aryl methyl sites for hydroxylation is 1. The summed E-state index contributed by atoms with van der Waals surface area (Å²) in [4.78, 5) is 21.8. The molecule has 34 heavy (non-hydrogen) atoms. The van der Waals surface area contributed by atoms with Gasteiger partial charge in [-0.3, -0.25) is 9.36 Å². The maximum atomic E-state index is 13.4. The molecule has 0 amide bonds. The van der Waals surface area contributed by atoms with Crippen molar-refractivity contribution in [2.24, 2.45) is 7.05 Å². The van der Waals surface area contributed by atoms with E-state index in [4.69, 9.17) is 11.2 Å². The first-order chi connectivity index (χ1) is 16.1. The van der Waals surface area contributed by atoms with E-state index in [1.54, 1.807) is 19.2 Å². The number of anilines is 1. The minimum absolute atomic E-state index is 0.0478. The molecular weight excluding hydrogens is 445 g/mol. The predicted molar refractivity (Wildman–Crippen MR) is 124 cm³/mol. The topological polar surface area (TPSA) is 69.0 Å². The lowest BCUT2D eigenvalue weighted by Gasteiger charge is -2.33. The molecule has 2 aromatic heterocycles. The molecule has 0 saturated carbocycles. The van der Waals surface area contributed by atoms with Crippen LogP contribution in [0.1, 0.15) is 48.1 Å². The number of nitrogens with one attached hydrogen (secondary N) is 1. The van der Waals surface area contributed by atoms with Gasteiger partial charge < -0.3 is 10.1 Å². The standard InChI is InChI=1S/C25H25F3N4O2/c1-5-20(16-7-6-8-18(15(16)2)25(26,27)28)31-21-17-13-19(24(3)9-11-34-12-10-24)23(33)32(4)22(17)30-14-29-21/h1,6-8,13-14,20H,9-12H2,2-4H3,(H,29,30,31)/t20-/m1/s1. The van der Waals surface area contributed by atoms with Crippen LogP contribution in [-0.4, -0.2) is 27.7 Å². The van der Waals surface area contributed by atoms with E-state index in [-0.39, 0.29) is 16.5 Å². The van der Waals surface area contributed by atoms with Crippen LogP contribution in [0.25, 0.3) is 11.0 Å². The van der Waals surface area contributed by atoms with Crippen molar-refractivity contribution in [2.45, 2.75) is 44.3 Å². The summed E-state index contributed by atoms with van der Waals surface area (Å²) in [5, 5.41) is 3.67. The monoisotopic (exact) mass is 470 g/mol. The van der Waals surface area contributed by atoms with Gasteiger partial charge >= 0.3 is 6.18 Å². The summed E-state index contributed by atoms with van der Waals surface area (Å²) < 4.78 is 47.3. The predicted octanol–water partition coefficient (Wildman–Crippen LogP) is 4.51. The third-order valence-corrected chi connectivity index (χ3v) is 6.69. The summed E-state index contributed by atoms with van der Waals surface area (Å²) in [7, 11) is 1.64. The quantitative estimate of drug-likeness (QED) is 0.569. The van der Waals surface area contributed by atoms with Crippen LogP contribution in [0.15, 0.2) is 35.4 Å². The summed E-state index contributed by atoms with van der Waals surface area (Å²) in [6, 6.07) is 4.83. The highest BCUT2D eigenvalue weighted by molar-refractivity contribution is 5.87. The number of alkyl halides is 3. The number of halogens is 3. The fraction of sp³-hybridized carbons (Fsp3) is 0.400. The molecule has 1 aromatic carbocycles. The Labute approximate surface area is 195 Å². The first kappa shape index (κ1) is 23.8. The van der Waals surface area contributed by atoms with Crippen molar-refractivity contribution < 1.29 is 17.9 Å². The summed E-state index contributed by atoms with van der Waals surface area (Å²) in [6.07, 6.45) is 3.94. The Morgan fingerprint density at radius 3 is 2.62 bits per heavy atom. The minimum atomic E-state index is -4.49. The number of hydrogen-bond acceptors (Lipinski definition) is 5. The molecule has 4 rings (SSSR count). The van der Waals surface area contributed by atoms with Crippen LogP contribution in [0.5, 0.6) is 0 Å². The number of benzene rings is 1. The van der Waals surface area contributed by atoms with Crippen LogP contribution in [0, 0.1) is 19.3 Å².